The molecule has 0 spiro atoms. The predicted molar refractivity (Wildman–Crippen MR) is 60.5 cm³/mol. The van der Waals surface area contributed by atoms with Gasteiger partial charge in [-0.15, -0.1) is 0 Å². The van der Waals surface area contributed by atoms with Gasteiger partial charge in [0.25, 0.3) is 0 Å². The number of carbonyl (C=O) groups excluding carboxylic acids is 1. The lowest BCUT2D eigenvalue weighted by molar-refractivity contribution is -0.121. The molecule has 0 bridgehead atoms. The maximum Gasteiger partial charge on any atom is 0.220 e. The molecule has 17 heavy (non-hydrogen) atoms. The van der Waals surface area contributed by atoms with Crippen LogP contribution in [0.5, 0.6) is 0 Å². The van der Waals surface area contributed by atoms with Crippen LogP contribution < -0.4 is 5.32 Å². The average molecular weight is 239 g/mol. The van der Waals surface area contributed by atoms with Gasteiger partial charge in [-0.3, -0.25) is 4.79 Å². The summed E-state index contributed by atoms with van der Waals surface area (Å²) in [6.45, 7) is 0. The molecule has 2 nitrogen and oxygen atoms in total. The summed E-state index contributed by atoms with van der Waals surface area (Å²) >= 11 is 0. The summed E-state index contributed by atoms with van der Waals surface area (Å²) in [5, 5.41) is 2.55. The van der Waals surface area contributed by atoms with E-state index >= 15 is 0 Å². The Morgan fingerprint density at radius 1 is 1.35 bits per heavy atom. The van der Waals surface area contributed by atoms with Gasteiger partial charge in [0.2, 0.25) is 5.91 Å². The van der Waals surface area contributed by atoms with Gasteiger partial charge in [-0.2, -0.15) is 0 Å². The molecule has 1 atom stereocenters. The maximum absolute atomic E-state index is 13.2. The van der Waals surface area contributed by atoms with Gasteiger partial charge in [-0.1, -0.05) is 0 Å². The first-order valence-electron chi connectivity index (χ1n) is 5.76. The van der Waals surface area contributed by atoms with Gasteiger partial charge >= 0.3 is 0 Å². The molecule has 1 fully saturated rings. The van der Waals surface area contributed by atoms with E-state index in [9.17, 15) is 13.6 Å². The summed E-state index contributed by atoms with van der Waals surface area (Å²) in [5.74, 6) is -0.940. The van der Waals surface area contributed by atoms with Crippen LogP contribution in [-0.4, -0.2) is 13.0 Å². The summed E-state index contributed by atoms with van der Waals surface area (Å²) in [6, 6.07) is 3.51. The van der Waals surface area contributed by atoms with E-state index in [2.05, 4.69) is 5.32 Å². The van der Waals surface area contributed by atoms with Crippen molar-refractivity contribution in [3.8, 4) is 0 Å². The third kappa shape index (κ3) is 3.02. The quantitative estimate of drug-likeness (QED) is 0.859. The normalized spacial score (nSPS) is 16.6. The molecule has 1 N–H and O–H groups in total. The largest absolute Gasteiger partial charge is 0.359 e. The fraction of sp³-hybridized carbons (Fsp3) is 0.462. The van der Waals surface area contributed by atoms with Crippen LogP contribution >= 0.6 is 0 Å². The third-order valence-corrected chi connectivity index (χ3v) is 3.19. The zero-order chi connectivity index (χ0) is 12.4. The van der Waals surface area contributed by atoms with Gasteiger partial charge in [0.15, 0.2) is 0 Å². The topological polar surface area (TPSA) is 29.1 Å². The van der Waals surface area contributed by atoms with E-state index in [1.807, 2.05) is 0 Å². The first-order valence-corrected chi connectivity index (χ1v) is 5.76. The number of rotatable bonds is 4. The Hall–Kier alpha value is -1.45. The van der Waals surface area contributed by atoms with E-state index in [1.165, 1.54) is 12.1 Å². The molecule has 0 heterocycles. The van der Waals surface area contributed by atoms with Gasteiger partial charge < -0.3 is 5.32 Å². The lowest BCUT2D eigenvalue weighted by atomic mass is 9.90. The predicted octanol–water partition coefficient (Wildman–Crippen LogP) is 2.59. The van der Waals surface area contributed by atoms with Crippen molar-refractivity contribution in [3.63, 3.8) is 0 Å². The first-order chi connectivity index (χ1) is 8.10. The van der Waals surface area contributed by atoms with Gasteiger partial charge in [0, 0.05) is 19.5 Å². The second kappa shape index (κ2) is 4.82. The van der Waals surface area contributed by atoms with E-state index in [1.54, 1.807) is 7.05 Å². The highest BCUT2D eigenvalue weighted by molar-refractivity contribution is 5.76. The average Bonchev–Trinajstić information content (AvgIpc) is 3.07. The maximum atomic E-state index is 13.2. The Labute approximate surface area is 99.0 Å². The van der Waals surface area contributed by atoms with Crippen molar-refractivity contribution in [2.45, 2.75) is 25.2 Å². The van der Waals surface area contributed by atoms with Crippen molar-refractivity contribution < 1.29 is 13.6 Å². The third-order valence-electron chi connectivity index (χ3n) is 3.19. The number of benzene rings is 1. The number of hydrogen-bond donors (Lipinski definition) is 1. The van der Waals surface area contributed by atoms with E-state index in [0.717, 1.165) is 18.9 Å². The molecule has 1 aromatic rings. The molecule has 1 aromatic carbocycles. The number of carbonyl (C=O) groups is 1. The molecule has 0 saturated heterocycles. The highest BCUT2D eigenvalue weighted by atomic mass is 19.1. The molecular weight excluding hydrogens is 224 g/mol. The number of amides is 1. The van der Waals surface area contributed by atoms with Crippen molar-refractivity contribution >= 4 is 5.91 Å². The molecule has 1 aliphatic rings. The summed E-state index contributed by atoms with van der Waals surface area (Å²) < 4.78 is 26.3. The highest BCUT2D eigenvalue weighted by Gasteiger charge is 2.33. The molecule has 1 amide bonds. The molecule has 0 aliphatic heterocycles. The molecule has 4 heteroatoms. The van der Waals surface area contributed by atoms with Crippen molar-refractivity contribution in [2.75, 3.05) is 7.05 Å². The molecule has 2 rings (SSSR count). The zero-order valence-corrected chi connectivity index (χ0v) is 9.67. The molecule has 0 aromatic heterocycles. The smallest absolute Gasteiger partial charge is 0.220 e. The Kier molecular flexibility index (Phi) is 3.41. The molecule has 1 aliphatic carbocycles. The minimum atomic E-state index is -0.581. The molecule has 0 radical (unpaired) electrons. The first kappa shape index (κ1) is 12.0. The van der Waals surface area contributed by atoms with Crippen molar-refractivity contribution in [3.05, 3.63) is 35.4 Å². The SMILES string of the molecule is CNC(=O)CC(c1cc(F)cc(F)c1)C1CC1. The van der Waals surface area contributed by atoms with Crippen LogP contribution in [0, 0.1) is 17.6 Å². The minimum Gasteiger partial charge on any atom is -0.359 e. The molecule has 1 unspecified atom stereocenters. The van der Waals surface area contributed by atoms with E-state index in [0.29, 0.717) is 17.9 Å². The van der Waals surface area contributed by atoms with Crippen molar-refractivity contribution in [1.29, 1.82) is 0 Å². The zero-order valence-electron chi connectivity index (χ0n) is 9.67. The Balaban J connectivity index is 2.22. The summed E-state index contributed by atoms with van der Waals surface area (Å²) in [7, 11) is 1.57. The highest BCUT2D eigenvalue weighted by Crippen LogP contribution is 2.44. The van der Waals surface area contributed by atoms with Crippen LogP contribution in [0.2, 0.25) is 0 Å². The van der Waals surface area contributed by atoms with Crippen molar-refractivity contribution in [2.24, 2.45) is 5.92 Å². The molecule has 92 valence electrons. The minimum absolute atomic E-state index is 0.0693. The van der Waals surface area contributed by atoms with Crippen molar-refractivity contribution in [1.82, 2.24) is 5.32 Å². The number of hydrogen-bond acceptors (Lipinski definition) is 1. The van der Waals surface area contributed by atoms with Gasteiger partial charge in [0.05, 0.1) is 0 Å². The van der Waals surface area contributed by atoms with Crippen LogP contribution in [0.4, 0.5) is 8.78 Å². The Bertz CT molecular complexity index is 409. The fourth-order valence-corrected chi connectivity index (χ4v) is 2.15. The van der Waals surface area contributed by atoms with Crippen LogP contribution in [0.25, 0.3) is 0 Å². The van der Waals surface area contributed by atoms with Gasteiger partial charge in [0.1, 0.15) is 11.6 Å². The Morgan fingerprint density at radius 3 is 2.41 bits per heavy atom. The van der Waals surface area contributed by atoms with E-state index < -0.39 is 11.6 Å². The monoisotopic (exact) mass is 239 g/mol. The second-order valence-electron chi connectivity index (χ2n) is 4.52. The van der Waals surface area contributed by atoms with Gasteiger partial charge in [-0.05, 0) is 42.4 Å². The second-order valence-corrected chi connectivity index (χ2v) is 4.52. The number of halogens is 2. The van der Waals surface area contributed by atoms with Crippen LogP contribution in [0.15, 0.2) is 18.2 Å². The summed E-state index contributed by atoms with van der Waals surface area (Å²) in [6.07, 6.45) is 2.35. The van der Waals surface area contributed by atoms with Crippen LogP contribution in [-0.2, 0) is 4.79 Å². The van der Waals surface area contributed by atoms with E-state index in [4.69, 9.17) is 0 Å². The fourth-order valence-electron chi connectivity index (χ4n) is 2.15. The number of nitrogens with one attached hydrogen (secondary N) is 1. The summed E-state index contributed by atoms with van der Waals surface area (Å²) in [4.78, 5) is 11.4. The summed E-state index contributed by atoms with van der Waals surface area (Å²) in [5.41, 5.74) is 0.591. The lowest BCUT2D eigenvalue weighted by Gasteiger charge is -2.16. The van der Waals surface area contributed by atoms with E-state index in [-0.39, 0.29) is 11.8 Å². The lowest BCUT2D eigenvalue weighted by Crippen LogP contribution is -2.21. The Morgan fingerprint density at radius 2 is 1.94 bits per heavy atom. The van der Waals surface area contributed by atoms with Gasteiger partial charge in [-0.25, -0.2) is 8.78 Å². The van der Waals surface area contributed by atoms with Crippen LogP contribution in [0.3, 0.4) is 0 Å². The molecular formula is C13H15F2NO. The molecule has 1 saturated carbocycles. The standard InChI is InChI=1S/C13H15F2NO/c1-16-13(17)7-12(8-2-3-8)9-4-10(14)6-11(15)5-9/h4-6,8,12H,2-3,7H2,1H3,(H,16,17). The van der Waals surface area contributed by atoms with Crippen LogP contribution in [0.1, 0.15) is 30.7 Å².